The van der Waals surface area contributed by atoms with Crippen LogP contribution in [-0.2, 0) is 0 Å². The molecule has 94 valence electrons. The van der Waals surface area contributed by atoms with E-state index in [0.717, 1.165) is 23.1 Å². The number of fused-ring (bicyclic) bond motifs is 1. The van der Waals surface area contributed by atoms with Crippen molar-refractivity contribution >= 4 is 16.6 Å². The Labute approximate surface area is 106 Å². The molecule has 1 unspecified atom stereocenters. The van der Waals surface area contributed by atoms with Gasteiger partial charge in [-0.3, -0.25) is 9.36 Å². The van der Waals surface area contributed by atoms with Crippen LogP contribution in [0, 0.1) is 5.92 Å². The van der Waals surface area contributed by atoms with Crippen molar-refractivity contribution in [1.29, 1.82) is 0 Å². The van der Waals surface area contributed by atoms with Gasteiger partial charge < -0.3 is 5.73 Å². The molecule has 0 amide bonds. The summed E-state index contributed by atoms with van der Waals surface area (Å²) in [4.78, 5) is 12.5. The van der Waals surface area contributed by atoms with Crippen molar-refractivity contribution in [2.45, 2.75) is 32.2 Å². The van der Waals surface area contributed by atoms with E-state index < -0.39 is 0 Å². The van der Waals surface area contributed by atoms with Crippen molar-refractivity contribution in [3.05, 3.63) is 40.7 Å². The fraction of sp³-hybridized carbons (Fsp3) is 0.400. The van der Waals surface area contributed by atoms with Crippen LogP contribution in [0.4, 0.5) is 5.82 Å². The van der Waals surface area contributed by atoms with E-state index in [1.807, 2.05) is 30.3 Å². The normalized spacial score (nSPS) is 16.9. The van der Waals surface area contributed by atoms with Gasteiger partial charge in [0.2, 0.25) is 0 Å². The Kier molecular flexibility index (Phi) is 2.62. The van der Waals surface area contributed by atoms with Gasteiger partial charge in [-0.15, -0.1) is 0 Å². The Hall–Kier alpha value is -1.77. The van der Waals surface area contributed by atoms with Gasteiger partial charge in [0.25, 0.3) is 5.56 Å². The zero-order chi connectivity index (χ0) is 12.7. The molecule has 1 atom stereocenters. The third-order valence-electron chi connectivity index (χ3n) is 3.80. The van der Waals surface area contributed by atoms with Crippen molar-refractivity contribution < 1.29 is 0 Å². The van der Waals surface area contributed by atoms with E-state index in [9.17, 15) is 4.79 Å². The average Bonchev–Trinajstić information content (AvgIpc) is 3.13. The summed E-state index contributed by atoms with van der Waals surface area (Å²) in [5, 5.41) is 1.68. The number of pyridine rings is 1. The number of anilines is 1. The van der Waals surface area contributed by atoms with Gasteiger partial charge in [-0.25, -0.2) is 0 Å². The molecule has 0 bridgehead atoms. The second-order valence-electron chi connectivity index (χ2n) is 5.36. The molecule has 2 aromatic rings. The Balaban J connectivity index is 2.12. The predicted molar refractivity (Wildman–Crippen MR) is 74.7 cm³/mol. The third-order valence-corrected chi connectivity index (χ3v) is 3.80. The zero-order valence-electron chi connectivity index (χ0n) is 10.6. The lowest BCUT2D eigenvalue weighted by atomic mass is 10.1. The SMILES string of the molecule is CC(CC1CC1)n1c(N)cc2ccccc2c1=O. The lowest BCUT2D eigenvalue weighted by molar-refractivity contribution is 0.472. The van der Waals surface area contributed by atoms with Crippen molar-refractivity contribution in [3.8, 4) is 0 Å². The molecule has 1 aromatic heterocycles. The maximum atomic E-state index is 12.5. The highest BCUT2D eigenvalue weighted by atomic mass is 16.1. The van der Waals surface area contributed by atoms with Gasteiger partial charge in [0.05, 0.1) is 0 Å². The van der Waals surface area contributed by atoms with Gasteiger partial charge in [0.15, 0.2) is 0 Å². The minimum absolute atomic E-state index is 0.0405. The zero-order valence-corrected chi connectivity index (χ0v) is 10.6. The Morgan fingerprint density at radius 2 is 2.11 bits per heavy atom. The first-order chi connectivity index (χ1) is 8.66. The molecule has 0 radical (unpaired) electrons. The fourth-order valence-electron chi connectivity index (χ4n) is 2.69. The van der Waals surface area contributed by atoms with Crippen molar-refractivity contribution in [1.82, 2.24) is 4.57 Å². The van der Waals surface area contributed by atoms with Crippen LogP contribution in [-0.4, -0.2) is 4.57 Å². The summed E-state index contributed by atoms with van der Waals surface area (Å²) in [5.41, 5.74) is 6.09. The van der Waals surface area contributed by atoms with E-state index in [-0.39, 0.29) is 11.6 Å². The molecule has 0 aliphatic heterocycles. The second-order valence-corrected chi connectivity index (χ2v) is 5.36. The third kappa shape index (κ3) is 1.90. The molecule has 1 aliphatic rings. The lowest BCUT2D eigenvalue weighted by Gasteiger charge is -2.18. The maximum absolute atomic E-state index is 12.5. The summed E-state index contributed by atoms with van der Waals surface area (Å²) in [6.45, 7) is 2.09. The minimum Gasteiger partial charge on any atom is -0.385 e. The molecular weight excluding hydrogens is 224 g/mol. The standard InChI is InChI=1S/C15H18N2O/c1-10(8-11-6-7-11)17-14(16)9-12-4-2-3-5-13(12)15(17)18/h2-5,9-11H,6-8,16H2,1H3. The first-order valence-electron chi connectivity index (χ1n) is 6.56. The highest BCUT2D eigenvalue weighted by Crippen LogP contribution is 2.36. The fourth-order valence-corrected chi connectivity index (χ4v) is 2.69. The quantitative estimate of drug-likeness (QED) is 0.899. The van der Waals surface area contributed by atoms with Gasteiger partial charge >= 0.3 is 0 Å². The predicted octanol–water partition coefficient (Wildman–Crippen LogP) is 2.94. The van der Waals surface area contributed by atoms with Gasteiger partial charge in [-0.05, 0) is 36.8 Å². The molecule has 18 heavy (non-hydrogen) atoms. The van der Waals surface area contributed by atoms with Gasteiger partial charge in [0, 0.05) is 11.4 Å². The van der Waals surface area contributed by atoms with Crippen molar-refractivity contribution in [2.75, 3.05) is 5.73 Å². The van der Waals surface area contributed by atoms with Crippen LogP contribution in [0.2, 0.25) is 0 Å². The number of rotatable bonds is 3. The van der Waals surface area contributed by atoms with Crippen LogP contribution in [0.1, 0.15) is 32.2 Å². The smallest absolute Gasteiger partial charge is 0.260 e. The molecule has 1 aromatic carbocycles. The van der Waals surface area contributed by atoms with Crippen molar-refractivity contribution in [3.63, 3.8) is 0 Å². The summed E-state index contributed by atoms with van der Waals surface area (Å²) in [7, 11) is 0. The minimum atomic E-state index is 0.0405. The number of aromatic nitrogens is 1. The number of hydrogen-bond donors (Lipinski definition) is 1. The maximum Gasteiger partial charge on any atom is 0.260 e. The number of nitrogens with zero attached hydrogens (tertiary/aromatic N) is 1. The number of benzene rings is 1. The summed E-state index contributed by atoms with van der Waals surface area (Å²) < 4.78 is 1.75. The first kappa shape index (κ1) is 11.3. The molecule has 1 aliphatic carbocycles. The molecule has 0 spiro atoms. The van der Waals surface area contributed by atoms with E-state index in [1.165, 1.54) is 12.8 Å². The summed E-state index contributed by atoms with van der Waals surface area (Å²) in [6, 6.07) is 9.73. The van der Waals surface area contributed by atoms with Crippen LogP contribution >= 0.6 is 0 Å². The Morgan fingerprint density at radius 1 is 1.39 bits per heavy atom. The second kappa shape index (κ2) is 4.16. The molecule has 3 nitrogen and oxygen atoms in total. The van der Waals surface area contributed by atoms with E-state index in [4.69, 9.17) is 5.73 Å². The summed E-state index contributed by atoms with van der Waals surface area (Å²) in [6.07, 6.45) is 3.65. The molecule has 1 saturated carbocycles. The van der Waals surface area contributed by atoms with E-state index in [1.54, 1.807) is 4.57 Å². The van der Waals surface area contributed by atoms with E-state index in [2.05, 4.69) is 6.92 Å². The molecule has 2 N–H and O–H groups in total. The van der Waals surface area contributed by atoms with Gasteiger partial charge in [0.1, 0.15) is 5.82 Å². The lowest BCUT2D eigenvalue weighted by Crippen LogP contribution is -2.26. The Bertz CT molecular complexity index is 640. The first-order valence-corrected chi connectivity index (χ1v) is 6.56. The van der Waals surface area contributed by atoms with Crippen LogP contribution in [0.25, 0.3) is 10.8 Å². The van der Waals surface area contributed by atoms with Crippen molar-refractivity contribution in [2.24, 2.45) is 5.92 Å². The molecule has 1 fully saturated rings. The van der Waals surface area contributed by atoms with Crippen LogP contribution in [0.15, 0.2) is 35.1 Å². The molecule has 3 rings (SSSR count). The van der Waals surface area contributed by atoms with Gasteiger partial charge in [-0.2, -0.15) is 0 Å². The molecule has 3 heteroatoms. The average molecular weight is 242 g/mol. The van der Waals surface area contributed by atoms with Gasteiger partial charge in [-0.1, -0.05) is 31.0 Å². The molecule has 1 heterocycles. The summed E-state index contributed by atoms with van der Waals surface area (Å²) in [5.74, 6) is 1.37. The Morgan fingerprint density at radius 3 is 2.83 bits per heavy atom. The molecular formula is C15H18N2O. The summed E-state index contributed by atoms with van der Waals surface area (Å²) >= 11 is 0. The van der Waals surface area contributed by atoms with Crippen LogP contribution < -0.4 is 11.3 Å². The topological polar surface area (TPSA) is 48.0 Å². The monoisotopic (exact) mass is 242 g/mol. The van der Waals surface area contributed by atoms with E-state index >= 15 is 0 Å². The van der Waals surface area contributed by atoms with Crippen LogP contribution in [0.3, 0.4) is 0 Å². The van der Waals surface area contributed by atoms with E-state index in [0.29, 0.717) is 5.82 Å². The van der Waals surface area contributed by atoms with Crippen LogP contribution in [0.5, 0.6) is 0 Å². The number of nitrogens with two attached hydrogens (primary N) is 1. The highest BCUT2D eigenvalue weighted by Gasteiger charge is 2.25. The highest BCUT2D eigenvalue weighted by molar-refractivity contribution is 5.83. The number of nitrogen functional groups attached to an aromatic ring is 1. The molecule has 0 saturated heterocycles. The number of hydrogen-bond acceptors (Lipinski definition) is 2. The largest absolute Gasteiger partial charge is 0.385 e.